The van der Waals surface area contributed by atoms with Crippen molar-refractivity contribution in [3.05, 3.63) is 96.1 Å². The van der Waals surface area contributed by atoms with Gasteiger partial charge in [0.25, 0.3) is 0 Å². The van der Waals surface area contributed by atoms with Gasteiger partial charge in [-0.15, -0.1) is 10.2 Å². The molecule has 1 fully saturated rings. The molecule has 178 valence electrons. The molecule has 0 unspecified atom stereocenters. The Morgan fingerprint density at radius 2 is 1.60 bits per heavy atom. The molecule has 5 rings (SSSR count). The number of benzene rings is 3. The van der Waals surface area contributed by atoms with Gasteiger partial charge in [0, 0.05) is 24.7 Å². The Morgan fingerprint density at radius 3 is 2.29 bits per heavy atom. The first-order chi connectivity index (χ1) is 17.1. The molecular formula is C26H22F2N4O2S. The summed E-state index contributed by atoms with van der Waals surface area (Å²) in [6.07, 6.45) is 0. The standard InChI is InChI=1S/C26H22F2N4O2S/c27-20-11-12-22(21(28)17-20)32-24(19-9-5-2-6-10-19)29-30-26(32)35-23(18-7-3-1-4-8-18)25(33)31-13-15-34-16-14-31/h1-12,17,23H,13-16H2/t23-/m1/s1. The highest BCUT2D eigenvalue weighted by Gasteiger charge is 2.31. The second-order valence-electron chi connectivity index (χ2n) is 7.95. The number of morpholine rings is 1. The molecule has 1 aromatic heterocycles. The van der Waals surface area contributed by atoms with Crippen LogP contribution >= 0.6 is 11.8 Å². The summed E-state index contributed by atoms with van der Waals surface area (Å²) in [6, 6.07) is 22.0. The fourth-order valence-electron chi connectivity index (χ4n) is 3.94. The first kappa shape index (κ1) is 23.2. The van der Waals surface area contributed by atoms with Crippen molar-refractivity contribution >= 4 is 17.7 Å². The number of aromatic nitrogens is 3. The zero-order valence-electron chi connectivity index (χ0n) is 18.7. The molecular weight excluding hydrogens is 470 g/mol. The van der Waals surface area contributed by atoms with Crippen LogP contribution in [0, 0.1) is 11.6 Å². The molecule has 1 saturated heterocycles. The number of hydrogen-bond donors (Lipinski definition) is 0. The van der Waals surface area contributed by atoms with Gasteiger partial charge in [0.2, 0.25) is 5.91 Å². The van der Waals surface area contributed by atoms with Crippen molar-refractivity contribution < 1.29 is 18.3 Å². The van der Waals surface area contributed by atoms with E-state index < -0.39 is 16.9 Å². The maximum Gasteiger partial charge on any atom is 0.240 e. The number of hydrogen-bond acceptors (Lipinski definition) is 5. The predicted molar refractivity (Wildman–Crippen MR) is 129 cm³/mol. The van der Waals surface area contributed by atoms with Crippen LogP contribution in [0.15, 0.2) is 84.0 Å². The van der Waals surface area contributed by atoms with Gasteiger partial charge in [-0.25, -0.2) is 8.78 Å². The summed E-state index contributed by atoms with van der Waals surface area (Å²) in [5.41, 5.74) is 1.61. The fourth-order valence-corrected chi connectivity index (χ4v) is 5.08. The molecule has 1 atom stereocenters. The van der Waals surface area contributed by atoms with E-state index in [-0.39, 0.29) is 11.6 Å². The number of carbonyl (C=O) groups is 1. The van der Waals surface area contributed by atoms with Crippen LogP contribution in [0.2, 0.25) is 0 Å². The summed E-state index contributed by atoms with van der Waals surface area (Å²) < 4.78 is 35.6. The third kappa shape index (κ3) is 4.96. The number of thioether (sulfide) groups is 1. The summed E-state index contributed by atoms with van der Waals surface area (Å²) in [4.78, 5) is 15.4. The van der Waals surface area contributed by atoms with Crippen molar-refractivity contribution in [2.45, 2.75) is 10.4 Å². The van der Waals surface area contributed by atoms with Gasteiger partial charge >= 0.3 is 0 Å². The molecule has 0 N–H and O–H groups in total. The molecule has 1 amide bonds. The van der Waals surface area contributed by atoms with E-state index in [0.29, 0.717) is 42.8 Å². The molecule has 9 heteroatoms. The van der Waals surface area contributed by atoms with Crippen LogP contribution in [0.3, 0.4) is 0 Å². The Labute approximate surface area is 205 Å². The second kappa shape index (κ2) is 10.4. The Kier molecular flexibility index (Phi) is 6.87. The Bertz CT molecular complexity index is 1310. The lowest BCUT2D eigenvalue weighted by Crippen LogP contribution is -2.42. The number of ether oxygens (including phenoxy) is 1. The summed E-state index contributed by atoms with van der Waals surface area (Å²) >= 11 is 1.19. The van der Waals surface area contributed by atoms with Gasteiger partial charge in [0.05, 0.1) is 18.9 Å². The predicted octanol–water partition coefficient (Wildman–Crippen LogP) is 4.90. The average molecular weight is 493 g/mol. The highest BCUT2D eigenvalue weighted by Crippen LogP contribution is 2.39. The lowest BCUT2D eigenvalue weighted by Gasteiger charge is -2.30. The van der Waals surface area contributed by atoms with Crippen LogP contribution in [0.5, 0.6) is 0 Å². The van der Waals surface area contributed by atoms with E-state index in [1.54, 1.807) is 4.90 Å². The molecule has 0 radical (unpaired) electrons. The zero-order chi connectivity index (χ0) is 24.2. The number of amides is 1. The minimum Gasteiger partial charge on any atom is -0.378 e. The first-order valence-electron chi connectivity index (χ1n) is 11.2. The van der Waals surface area contributed by atoms with Gasteiger partial charge in [-0.1, -0.05) is 72.4 Å². The minimum absolute atomic E-state index is 0.0834. The van der Waals surface area contributed by atoms with E-state index in [0.717, 1.165) is 11.6 Å². The van der Waals surface area contributed by atoms with Crippen LogP contribution in [-0.4, -0.2) is 51.9 Å². The summed E-state index contributed by atoms with van der Waals surface area (Å²) in [6.45, 7) is 1.95. The van der Waals surface area contributed by atoms with Crippen molar-refractivity contribution in [2.24, 2.45) is 0 Å². The maximum atomic E-state index is 15.0. The maximum absolute atomic E-state index is 15.0. The fraction of sp³-hybridized carbons (Fsp3) is 0.192. The highest BCUT2D eigenvalue weighted by molar-refractivity contribution is 8.00. The van der Waals surface area contributed by atoms with Crippen LogP contribution in [0.1, 0.15) is 10.8 Å². The van der Waals surface area contributed by atoms with Crippen LogP contribution in [0.4, 0.5) is 8.78 Å². The SMILES string of the molecule is O=C([C@H](Sc1nnc(-c2ccccc2)n1-c1ccc(F)cc1F)c1ccccc1)N1CCOCC1. The Balaban J connectivity index is 1.60. The largest absolute Gasteiger partial charge is 0.378 e. The van der Waals surface area contributed by atoms with Crippen LogP contribution in [0.25, 0.3) is 17.1 Å². The summed E-state index contributed by atoms with van der Waals surface area (Å²) in [5.74, 6) is -1.12. The molecule has 1 aliphatic rings. The normalized spacial score (nSPS) is 14.6. The minimum atomic E-state index is -0.750. The van der Waals surface area contributed by atoms with E-state index in [1.807, 2.05) is 60.7 Å². The highest BCUT2D eigenvalue weighted by atomic mass is 32.2. The van der Waals surface area contributed by atoms with E-state index in [9.17, 15) is 13.6 Å². The Hall–Kier alpha value is -3.56. The van der Waals surface area contributed by atoms with Gasteiger partial charge in [-0.2, -0.15) is 0 Å². The molecule has 3 aromatic carbocycles. The Morgan fingerprint density at radius 1 is 0.914 bits per heavy atom. The number of halogens is 2. The van der Waals surface area contributed by atoms with Crippen molar-refractivity contribution in [3.63, 3.8) is 0 Å². The first-order valence-corrected chi connectivity index (χ1v) is 12.0. The molecule has 0 spiro atoms. The van der Waals surface area contributed by atoms with E-state index >= 15 is 0 Å². The molecule has 0 aliphatic carbocycles. The van der Waals surface area contributed by atoms with Gasteiger partial charge in [-0.3, -0.25) is 9.36 Å². The van der Waals surface area contributed by atoms with Gasteiger partial charge < -0.3 is 9.64 Å². The monoisotopic (exact) mass is 492 g/mol. The summed E-state index contributed by atoms with van der Waals surface area (Å²) in [5, 5.41) is 8.37. The number of carbonyl (C=O) groups excluding carboxylic acids is 1. The average Bonchev–Trinajstić information content (AvgIpc) is 3.32. The lowest BCUT2D eigenvalue weighted by atomic mass is 10.1. The molecule has 6 nitrogen and oxygen atoms in total. The smallest absolute Gasteiger partial charge is 0.240 e. The van der Waals surface area contributed by atoms with Crippen LogP contribution < -0.4 is 0 Å². The number of rotatable bonds is 6. The zero-order valence-corrected chi connectivity index (χ0v) is 19.5. The summed E-state index contributed by atoms with van der Waals surface area (Å²) in [7, 11) is 0. The van der Waals surface area contributed by atoms with E-state index in [4.69, 9.17) is 4.74 Å². The van der Waals surface area contributed by atoms with E-state index in [1.165, 1.54) is 28.5 Å². The number of nitrogens with zero attached hydrogens (tertiary/aromatic N) is 4. The molecule has 1 aliphatic heterocycles. The van der Waals surface area contributed by atoms with Crippen molar-refractivity contribution in [3.8, 4) is 17.1 Å². The quantitative estimate of drug-likeness (QED) is 0.358. The van der Waals surface area contributed by atoms with Crippen LogP contribution in [-0.2, 0) is 9.53 Å². The molecule has 0 bridgehead atoms. The third-order valence-electron chi connectivity index (χ3n) is 5.69. The second-order valence-corrected chi connectivity index (χ2v) is 9.02. The van der Waals surface area contributed by atoms with Gasteiger partial charge in [0.1, 0.15) is 16.9 Å². The lowest BCUT2D eigenvalue weighted by molar-refractivity contribution is -0.134. The molecule has 4 aromatic rings. The third-order valence-corrected chi connectivity index (χ3v) is 6.87. The van der Waals surface area contributed by atoms with Crippen molar-refractivity contribution in [2.75, 3.05) is 26.3 Å². The van der Waals surface area contributed by atoms with Crippen molar-refractivity contribution in [1.29, 1.82) is 0 Å². The topological polar surface area (TPSA) is 60.2 Å². The van der Waals surface area contributed by atoms with Gasteiger partial charge in [-0.05, 0) is 17.7 Å². The molecule has 2 heterocycles. The van der Waals surface area contributed by atoms with Crippen molar-refractivity contribution in [1.82, 2.24) is 19.7 Å². The molecule has 35 heavy (non-hydrogen) atoms. The van der Waals surface area contributed by atoms with Gasteiger partial charge in [0.15, 0.2) is 11.0 Å². The molecule has 0 saturated carbocycles. The van der Waals surface area contributed by atoms with E-state index in [2.05, 4.69) is 10.2 Å².